The van der Waals surface area contributed by atoms with Crippen molar-refractivity contribution in [3.05, 3.63) is 34.2 Å². The number of aromatic amines is 2. The average Bonchev–Trinajstić information content (AvgIpc) is 2.61. The van der Waals surface area contributed by atoms with Crippen molar-refractivity contribution in [2.24, 2.45) is 5.73 Å². The first-order valence-corrected chi connectivity index (χ1v) is 4.75. The normalized spacial score (nSPS) is 12.8. The lowest BCUT2D eigenvalue weighted by atomic mass is 10.1. The fourth-order valence-electron chi connectivity index (χ4n) is 1.57. The van der Waals surface area contributed by atoms with Gasteiger partial charge in [-0.15, -0.1) is 0 Å². The molecule has 0 bridgehead atoms. The van der Waals surface area contributed by atoms with Gasteiger partial charge >= 0.3 is 5.97 Å². The van der Waals surface area contributed by atoms with Crippen LogP contribution in [-0.4, -0.2) is 27.1 Å². The number of rotatable bonds is 3. The van der Waals surface area contributed by atoms with E-state index in [1.165, 1.54) is 6.07 Å². The average molecular weight is 221 g/mol. The van der Waals surface area contributed by atoms with E-state index in [9.17, 15) is 9.59 Å². The number of aromatic nitrogens is 2. The Balaban J connectivity index is 2.41. The largest absolute Gasteiger partial charge is 0.480 e. The number of H-pyrrole nitrogens is 2. The van der Waals surface area contributed by atoms with Crippen LogP contribution in [0.3, 0.4) is 0 Å². The molecule has 1 atom stereocenters. The number of carbonyl (C=O) groups is 1. The molecule has 0 fully saturated rings. The molecular formula is C10H11N3O3. The second kappa shape index (κ2) is 3.82. The van der Waals surface area contributed by atoms with Crippen molar-refractivity contribution < 1.29 is 9.90 Å². The molecule has 0 aliphatic rings. The monoisotopic (exact) mass is 221 g/mol. The minimum Gasteiger partial charge on any atom is -0.480 e. The van der Waals surface area contributed by atoms with Gasteiger partial charge in [0.1, 0.15) is 6.04 Å². The zero-order chi connectivity index (χ0) is 11.7. The fraction of sp³-hybridized carbons (Fsp3) is 0.200. The molecule has 0 aromatic carbocycles. The van der Waals surface area contributed by atoms with Crippen LogP contribution >= 0.6 is 0 Å². The Morgan fingerprint density at radius 2 is 2.25 bits per heavy atom. The van der Waals surface area contributed by atoms with Crippen LogP contribution in [0.15, 0.2) is 23.1 Å². The summed E-state index contributed by atoms with van der Waals surface area (Å²) in [5.74, 6) is -1.06. The molecule has 0 unspecified atom stereocenters. The SMILES string of the molecule is N[C@@H](Cc1c[nH]c2ccc(=O)[nH]c12)C(=O)O. The molecule has 84 valence electrons. The number of carboxylic acids is 1. The summed E-state index contributed by atoms with van der Waals surface area (Å²) < 4.78 is 0. The number of carboxylic acid groups (broad SMARTS) is 1. The van der Waals surface area contributed by atoms with Crippen LogP contribution in [0.5, 0.6) is 0 Å². The Bertz CT molecular complexity index is 584. The number of hydrogen-bond donors (Lipinski definition) is 4. The summed E-state index contributed by atoms with van der Waals surface area (Å²) in [7, 11) is 0. The first kappa shape index (κ1) is 10.4. The lowest BCUT2D eigenvalue weighted by Gasteiger charge is -2.04. The molecule has 2 rings (SSSR count). The maximum Gasteiger partial charge on any atom is 0.320 e. The second-order valence-corrected chi connectivity index (χ2v) is 3.57. The summed E-state index contributed by atoms with van der Waals surface area (Å²) >= 11 is 0. The van der Waals surface area contributed by atoms with Crippen LogP contribution in [0.1, 0.15) is 5.56 Å². The zero-order valence-corrected chi connectivity index (χ0v) is 8.36. The number of nitrogens with two attached hydrogens (primary N) is 1. The van der Waals surface area contributed by atoms with Crippen LogP contribution < -0.4 is 11.3 Å². The van der Waals surface area contributed by atoms with Gasteiger partial charge in [-0.25, -0.2) is 0 Å². The van der Waals surface area contributed by atoms with E-state index in [2.05, 4.69) is 9.97 Å². The Kier molecular flexibility index (Phi) is 2.49. The summed E-state index contributed by atoms with van der Waals surface area (Å²) in [5, 5.41) is 8.70. The van der Waals surface area contributed by atoms with E-state index >= 15 is 0 Å². The molecule has 0 radical (unpaired) electrons. The lowest BCUT2D eigenvalue weighted by molar-refractivity contribution is -0.138. The summed E-state index contributed by atoms with van der Waals surface area (Å²) in [6.07, 6.45) is 1.83. The van der Waals surface area contributed by atoms with Gasteiger partial charge in [0.2, 0.25) is 5.56 Å². The van der Waals surface area contributed by atoms with Gasteiger partial charge in [0.25, 0.3) is 0 Å². The van der Waals surface area contributed by atoms with Crippen LogP contribution in [-0.2, 0) is 11.2 Å². The Morgan fingerprint density at radius 1 is 1.50 bits per heavy atom. The zero-order valence-electron chi connectivity index (χ0n) is 8.36. The van der Waals surface area contributed by atoms with E-state index in [0.717, 1.165) is 5.52 Å². The molecule has 0 aliphatic carbocycles. The summed E-state index contributed by atoms with van der Waals surface area (Å²) in [5.41, 5.74) is 7.28. The molecule has 0 saturated heterocycles. The van der Waals surface area contributed by atoms with Gasteiger partial charge in [-0.2, -0.15) is 0 Å². The van der Waals surface area contributed by atoms with Gasteiger partial charge in [0.05, 0.1) is 11.0 Å². The maximum absolute atomic E-state index is 11.1. The molecule has 0 amide bonds. The molecular weight excluding hydrogens is 210 g/mol. The van der Waals surface area contributed by atoms with E-state index in [1.807, 2.05) is 0 Å². The van der Waals surface area contributed by atoms with Crippen molar-refractivity contribution in [2.75, 3.05) is 0 Å². The van der Waals surface area contributed by atoms with E-state index in [0.29, 0.717) is 11.1 Å². The van der Waals surface area contributed by atoms with Gasteiger partial charge in [-0.1, -0.05) is 0 Å². The Morgan fingerprint density at radius 3 is 2.94 bits per heavy atom. The van der Waals surface area contributed by atoms with Crippen molar-refractivity contribution >= 4 is 17.0 Å². The predicted octanol–water partition coefficient (Wildman–Crippen LogP) is -0.189. The number of pyridine rings is 1. The summed E-state index contributed by atoms with van der Waals surface area (Å²) in [6.45, 7) is 0. The Hall–Kier alpha value is -2.08. The first-order chi connectivity index (χ1) is 7.58. The van der Waals surface area contributed by atoms with Gasteiger partial charge in [0.15, 0.2) is 0 Å². The van der Waals surface area contributed by atoms with Gasteiger partial charge in [0, 0.05) is 18.7 Å². The van der Waals surface area contributed by atoms with Gasteiger partial charge in [-0.3, -0.25) is 9.59 Å². The highest BCUT2D eigenvalue weighted by Gasteiger charge is 2.15. The molecule has 2 aromatic rings. The van der Waals surface area contributed by atoms with E-state index < -0.39 is 12.0 Å². The fourth-order valence-corrected chi connectivity index (χ4v) is 1.57. The van der Waals surface area contributed by atoms with Crippen LogP contribution in [0.2, 0.25) is 0 Å². The molecule has 6 nitrogen and oxygen atoms in total. The molecule has 16 heavy (non-hydrogen) atoms. The molecule has 0 spiro atoms. The Labute approximate surface area is 90.1 Å². The van der Waals surface area contributed by atoms with Crippen LogP contribution in [0.25, 0.3) is 11.0 Å². The van der Waals surface area contributed by atoms with Crippen LogP contribution in [0.4, 0.5) is 0 Å². The van der Waals surface area contributed by atoms with Gasteiger partial charge in [-0.05, 0) is 11.6 Å². The van der Waals surface area contributed by atoms with Crippen molar-refractivity contribution in [1.82, 2.24) is 9.97 Å². The van der Waals surface area contributed by atoms with Crippen molar-refractivity contribution in [3.63, 3.8) is 0 Å². The quantitative estimate of drug-likeness (QED) is 0.575. The topological polar surface area (TPSA) is 112 Å². The smallest absolute Gasteiger partial charge is 0.320 e. The minimum absolute atomic E-state index is 0.176. The van der Waals surface area contributed by atoms with Crippen LogP contribution in [0, 0.1) is 0 Å². The molecule has 6 heteroatoms. The number of fused-ring (bicyclic) bond motifs is 1. The predicted molar refractivity (Wildman–Crippen MR) is 58.2 cm³/mol. The lowest BCUT2D eigenvalue weighted by Crippen LogP contribution is -2.32. The third-order valence-corrected chi connectivity index (χ3v) is 2.40. The van der Waals surface area contributed by atoms with Crippen molar-refractivity contribution in [2.45, 2.75) is 12.5 Å². The molecule has 5 N–H and O–H groups in total. The summed E-state index contributed by atoms with van der Waals surface area (Å²) in [6, 6.07) is 2.08. The standard InChI is InChI=1S/C10H11N3O3/c11-6(10(15)16)3-5-4-12-7-1-2-8(14)13-9(5)7/h1-2,4,6,12H,3,11H2,(H,13,14)(H,15,16)/t6-/m0/s1. The van der Waals surface area contributed by atoms with E-state index in [4.69, 9.17) is 10.8 Å². The number of nitrogens with one attached hydrogen (secondary N) is 2. The van der Waals surface area contributed by atoms with Crippen molar-refractivity contribution in [1.29, 1.82) is 0 Å². The molecule has 2 aromatic heterocycles. The molecule has 0 aliphatic heterocycles. The number of hydrogen-bond acceptors (Lipinski definition) is 3. The summed E-state index contributed by atoms with van der Waals surface area (Å²) in [4.78, 5) is 27.3. The van der Waals surface area contributed by atoms with Crippen molar-refractivity contribution in [3.8, 4) is 0 Å². The van der Waals surface area contributed by atoms with E-state index in [1.54, 1.807) is 12.3 Å². The molecule has 2 heterocycles. The highest BCUT2D eigenvalue weighted by Crippen LogP contribution is 2.14. The third-order valence-electron chi connectivity index (χ3n) is 2.40. The highest BCUT2D eigenvalue weighted by atomic mass is 16.4. The second-order valence-electron chi connectivity index (χ2n) is 3.57. The third kappa shape index (κ3) is 1.82. The molecule has 0 saturated carbocycles. The van der Waals surface area contributed by atoms with E-state index in [-0.39, 0.29) is 12.0 Å². The number of aliphatic carboxylic acids is 1. The maximum atomic E-state index is 11.1. The highest BCUT2D eigenvalue weighted by molar-refractivity contribution is 5.80. The van der Waals surface area contributed by atoms with Gasteiger partial charge < -0.3 is 20.8 Å². The first-order valence-electron chi connectivity index (χ1n) is 4.75. The minimum atomic E-state index is -1.06.